The summed E-state index contributed by atoms with van der Waals surface area (Å²) in [4.78, 5) is 33.6. The number of aromatic carboxylic acids is 1. The van der Waals surface area contributed by atoms with Crippen LogP contribution in [-0.4, -0.2) is 36.0 Å². The highest BCUT2D eigenvalue weighted by Gasteiger charge is 2.17. The van der Waals surface area contributed by atoms with Crippen LogP contribution in [-0.2, 0) is 9.59 Å². The molecule has 0 heterocycles. The summed E-state index contributed by atoms with van der Waals surface area (Å²) in [5.74, 6) is -2.45. The first kappa shape index (κ1) is 16.2. The number of benzene rings is 1. The molecule has 1 aromatic carbocycles. The van der Waals surface area contributed by atoms with Gasteiger partial charge in [0.05, 0.1) is 29.4 Å². The van der Waals surface area contributed by atoms with Crippen LogP contribution in [0, 0.1) is 0 Å². The number of anilines is 1. The van der Waals surface area contributed by atoms with Crippen LogP contribution in [0.15, 0.2) is 12.1 Å². The van der Waals surface area contributed by atoms with Crippen molar-refractivity contribution in [2.75, 3.05) is 18.4 Å². The van der Waals surface area contributed by atoms with Crippen molar-refractivity contribution in [1.29, 1.82) is 0 Å². The van der Waals surface area contributed by atoms with E-state index in [0.717, 1.165) is 6.07 Å². The maximum absolute atomic E-state index is 11.6. The van der Waals surface area contributed by atoms with Crippen LogP contribution < -0.4 is 16.4 Å². The molecular weight excluding hydrogens is 309 g/mol. The molecule has 1 rings (SSSR count). The van der Waals surface area contributed by atoms with Crippen molar-refractivity contribution >= 4 is 46.7 Å². The zero-order valence-corrected chi connectivity index (χ0v) is 11.6. The number of nitrogens with one attached hydrogen (secondary N) is 2. The van der Waals surface area contributed by atoms with Crippen LogP contribution in [0.2, 0.25) is 10.0 Å². The average molecular weight is 320 g/mol. The fraction of sp³-hybridized carbons (Fsp3) is 0.182. The van der Waals surface area contributed by atoms with Crippen molar-refractivity contribution in [2.45, 2.75) is 0 Å². The summed E-state index contributed by atoms with van der Waals surface area (Å²) in [6.45, 7) is -0.608. The molecule has 7 nitrogen and oxygen atoms in total. The Labute approximate surface area is 124 Å². The van der Waals surface area contributed by atoms with Crippen LogP contribution in [0.4, 0.5) is 5.69 Å². The number of hydrogen-bond acceptors (Lipinski definition) is 4. The van der Waals surface area contributed by atoms with E-state index in [0.29, 0.717) is 0 Å². The quantitative estimate of drug-likeness (QED) is 0.636. The Hall–Kier alpha value is -1.83. The van der Waals surface area contributed by atoms with E-state index in [9.17, 15) is 14.4 Å². The zero-order valence-electron chi connectivity index (χ0n) is 10.1. The average Bonchev–Trinajstić information content (AvgIpc) is 2.38. The SMILES string of the molecule is NCC(=O)NCC(=O)Nc1c(Cl)cc(Cl)cc1C(=O)O. The molecule has 0 radical (unpaired) electrons. The van der Waals surface area contributed by atoms with Crippen molar-refractivity contribution in [3.8, 4) is 0 Å². The second-order valence-electron chi connectivity index (χ2n) is 3.64. The molecule has 20 heavy (non-hydrogen) atoms. The minimum atomic E-state index is -1.30. The first-order valence-electron chi connectivity index (χ1n) is 5.34. The van der Waals surface area contributed by atoms with Crippen molar-refractivity contribution in [2.24, 2.45) is 5.73 Å². The number of rotatable bonds is 5. The molecule has 5 N–H and O–H groups in total. The van der Waals surface area contributed by atoms with Gasteiger partial charge in [0.15, 0.2) is 0 Å². The highest BCUT2D eigenvalue weighted by Crippen LogP contribution is 2.30. The maximum atomic E-state index is 11.6. The van der Waals surface area contributed by atoms with Gasteiger partial charge in [0, 0.05) is 5.02 Å². The molecule has 0 aliphatic heterocycles. The van der Waals surface area contributed by atoms with Gasteiger partial charge in [-0.25, -0.2) is 4.79 Å². The van der Waals surface area contributed by atoms with Gasteiger partial charge in [0.1, 0.15) is 0 Å². The predicted molar refractivity (Wildman–Crippen MR) is 74.1 cm³/mol. The van der Waals surface area contributed by atoms with Crippen LogP contribution in [0.25, 0.3) is 0 Å². The number of nitrogens with two attached hydrogens (primary N) is 1. The van der Waals surface area contributed by atoms with E-state index >= 15 is 0 Å². The second kappa shape index (κ2) is 7.09. The molecule has 0 unspecified atom stereocenters. The van der Waals surface area contributed by atoms with Gasteiger partial charge in [-0.05, 0) is 12.1 Å². The van der Waals surface area contributed by atoms with Gasteiger partial charge < -0.3 is 21.5 Å². The molecule has 0 bridgehead atoms. The Morgan fingerprint density at radius 3 is 2.40 bits per heavy atom. The fourth-order valence-electron chi connectivity index (χ4n) is 1.30. The van der Waals surface area contributed by atoms with Gasteiger partial charge in [-0.2, -0.15) is 0 Å². The molecule has 9 heteroatoms. The highest BCUT2D eigenvalue weighted by atomic mass is 35.5. The van der Waals surface area contributed by atoms with E-state index < -0.39 is 17.8 Å². The molecule has 0 aliphatic rings. The fourth-order valence-corrected chi connectivity index (χ4v) is 1.84. The van der Waals surface area contributed by atoms with Crippen LogP contribution in [0.5, 0.6) is 0 Å². The van der Waals surface area contributed by atoms with Gasteiger partial charge in [0.25, 0.3) is 0 Å². The Kier molecular flexibility index (Phi) is 5.75. The lowest BCUT2D eigenvalue weighted by atomic mass is 10.1. The van der Waals surface area contributed by atoms with E-state index in [1.54, 1.807) is 0 Å². The molecular formula is C11H11Cl2N3O4. The number of amides is 2. The Morgan fingerprint density at radius 1 is 1.20 bits per heavy atom. The summed E-state index contributed by atoms with van der Waals surface area (Å²) in [6, 6.07) is 2.45. The summed E-state index contributed by atoms with van der Waals surface area (Å²) in [7, 11) is 0. The Balaban J connectivity index is 2.89. The Bertz CT molecular complexity index is 563. The molecule has 108 valence electrons. The molecule has 0 atom stereocenters. The largest absolute Gasteiger partial charge is 0.478 e. The summed E-state index contributed by atoms with van der Waals surface area (Å²) in [5.41, 5.74) is 4.72. The molecule has 0 aromatic heterocycles. The highest BCUT2D eigenvalue weighted by molar-refractivity contribution is 6.37. The van der Waals surface area contributed by atoms with Crippen molar-refractivity contribution in [3.05, 3.63) is 27.7 Å². The molecule has 0 saturated heterocycles. The van der Waals surface area contributed by atoms with Crippen LogP contribution >= 0.6 is 23.2 Å². The first-order valence-corrected chi connectivity index (χ1v) is 6.09. The molecule has 0 aliphatic carbocycles. The van der Waals surface area contributed by atoms with Crippen molar-refractivity contribution in [3.63, 3.8) is 0 Å². The molecule has 2 amide bonds. The summed E-state index contributed by atoms with van der Waals surface area (Å²) in [5, 5.41) is 13.7. The summed E-state index contributed by atoms with van der Waals surface area (Å²) < 4.78 is 0. The predicted octanol–water partition coefficient (Wildman–Crippen LogP) is 0.705. The number of carboxylic acid groups (broad SMARTS) is 1. The van der Waals surface area contributed by atoms with Crippen molar-refractivity contribution in [1.82, 2.24) is 5.32 Å². The van der Waals surface area contributed by atoms with Crippen LogP contribution in [0.3, 0.4) is 0 Å². The third kappa shape index (κ3) is 4.37. The lowest BCUT2D eigenvalue weighted by Crippen LogP contribution is -2.36. The third-order valence-electron chi connectivity index (χ3n) is 2.18. The molecule has 1 aromatic rings. The lowest BCUT2D eigenvalue weighted by molar-refractivity contribution is -0.123. The maximum Gasteiger partial charge on any atom is 0.337 e. The van der Waals surface area contributed by atoms with E-state index in [1.165, 1.54) is 6.07 Å². The monoisotopic (exact) mass is 319 g/mol. The van der Waals surface area contributed by atoms with E-state index in [1.807, 2.05) is 0 Å². The smallest absolute Gasteiger partial charge is 0.337 e. The van der Waals surface area contributed by atoms with E-state index in [-0.39, 0.29) is 34.4 Å². The normalized spacial score (nSPS) is 9.95. The van der Waals surface area contributed by atoms with Crippen molar-refractivity contribution < 1.29 is 19.5 Å². The minimum absolute atomic E-state index is 0.0200. The standard InChI is InChI=1S/C11H11Cl2N3O4/c12-5-1-6(11(19)20)10(7(13)2-5)16-9(18)4-15-8(17)3-14/h1-2H,3-4,14H2,(H,15,17)(H,16,18)(H,19,20). The van der Waals surface area contributed by atoms with E-state index in [4.69, 9.17) is 34.0 Å². The van der Waals surface area contributed by atoms with Crippen LogP contribution in [0.1, 0.15) is 10.4 Å². The minimum Gasteiger partial charge on any atom is -0.478 e. The number of halogens is 2. The van der Waals surface area contributed by atoms with Gasteiger partial charge >= 0.3 is 5.97 Å². The second-order valence-corrected chi connectivity index (χ2v) is 4.49. The van der Waals surface area contributed by atoms with E-state index in [2.05, 4.69) is 10.6 Å². The van der Waals surface area contributed by atoms with Gasteiger partial charge in [-0.15, -0.1) is 0 Å². The number of hydrogen-bond donors (Lipinski definition) is 4. The van der Waals surface area contributed by atoms with Gasteiger partial charge in [0.2, 0.25) is 11.8 Å². The molecule has 0 spiro atoms. The summed E-state index contributed by atoms with van der Waals surface area (Å²) in [6.07, 6.45) is 0. The number of carbonyl (C=O) groups is 3. The number of carboxylic acids is 1. The first-order chi connectivity index (χ1) is 9.35. The molecule has 0 fully saturated rings. The number of carbonyl (C=O) groups excluding carboxylic acids is 2. The zero-order chi connectivity index (χ0) is 15.3. The van der Waals surface area contributed by atoms with Gasteiger partial charge in [-0.1, -0.05) is 23.2 Å². The third-order valence-corrected chi connectivity index (χ3v) is 2.70. The topological polar surface area (TPSA) is 122 Å². The Morgan fingerprint density at radius 2 is 1.85 bits per heavy atom. The lowest BCUT2D eigenvalue weighted by Gasteiger charge is -2.11. The van der Waals surface area contributed by atoms with Gasteiger partial charge in [-0.3, -0.25) is 9.59 Å². The molecule has 0 saturated carbocycles. The summed E-state index contributed by atoms with van der Waals surface area (Å²) >= 11 is 11.5.